The highest BCUT2D eigenvalue weighted by molar-refractivity contribution is 5.91. The highest BCUT2D eigenvalue weighted by atomic mass is 16.5. The van der Waals surface area contributed by atoms with Gasteiger partial charge in [0.25, 0.3) is 5.95 Å². The summed E-state index contributed by atoms with van der Waals surface area (Å²) >= 11 is 0. The van der Waals surface area contributed by atoms with Crippen LogP contribution < -0.4 is 4.74 Å². The number of esters is 1. The molecular formula is C15H10O4. The fourth-order valence-corrected chi connectivity index (χ4v) is 1.80. The molecule has 0 amide bonds. The van der Waals surface area contributed by atoms with Crippen LogP contribution in [0.2, 0.25) is 0 Å². The summed E-state index contributed by atoms with van der Waals surface area (Å²) in [5.41, 5.74) is 1.24. The maximum atomic E-state index is 11.9. The molecule has 1 aromatic carbocycles. The Morgan fingerprint density at radius 1 is 1.05 bits per heavy atom. The van der Waals surface area contributed by atoms with Gasteiger partial charge in [-0.05, 0) is 24.3 Å². The molecule has 0 saturated heterocycles. The maximum Gasteiger partial charge on any atom is 0.343 e. The normalized spacial score (nSPS) is 10.5. The van der Waals surface area contributed by atoms with Crippen LogP contribution in [0, 0.1) is 0 Å². The van der Waals surface area contributed by atoms with Crippen molar-refractivity contribution in [1.29, 1.82) is 0 Å². The topological polar surface area (TPSA) is 59.7 Å². The van der Waals surface area contributed by atoms with Gasteiger partial charge in [-0.1, -0.05) is 18.2 Å². The minimum atomic E-state index is -0.430. The third-order valence-corrected chi connectivity index (χ3v) is 2.70. The molecule has 1 N–H and O–H groups in total. The quantitative estimate of drug-likeness (QED) is 0.713. The number of hydrogen-bond donors (Lipinski definition) is 1. The lowest BCUT2D eigenvalue weighted by Crippen LogP contribution is -2.07. The summed E-state index contributed by atoms with van der Waals surface area (Å²) in [6, 6.07) is 15.1. The van der Waals surface area contributed by atoms with E-state index in [0.29, 0.717) is 17.1 Å². The van der Waals surface area contributed by atoms with E-state index >= 15 is 0 Å². The van der Waals surface area contributed by atoms with Crippen LogP contribution in [0.5, 0.6) is 11.7 Å². The second-order valence-corrected chi connectivity index (χ2v) is 4.04. The smallest absolute Gasteiger partial charge is 0.343 e. The molecule has 2 aliphatic rings. The van der Waals surface area contributed by atoms with Crippen molar-refractivity contribution in [2.75, 3.05) is 0 Å². The van der Waals surface area contributed by atoms with Gasteiger partial charge in [-0.2, -0.15) is 0 Å². The average molecular weight is 254 g/mol. The number of aromatic hydroxyl groups is 1. The number of benzene rings is 1. The molecule has 4 heteroatoms. The standard InChI is InChI=1S/C15H10O4/c16-14-7-6-11-8-12(9-13(11)19-14)18-15(17)10-4-2-1-3-5-10/h1-9,16H. The first-order valence-electron chi connectivity index (χ1n) is 5.72. The number of ether oxygens (including phenoxy) is 1. The molecule has 0 atom stereocenters. The van der Waals surface area contributed by atoms with Crippen LogP contribution >= 0.6 is 0 Å². The van der Waals surface area contributed by atoms with Gasteiger partial charge in [0.2, 0.25) is 0 Å². The van der Waals surface area contributed by atoms with Crippen molar-refractivity contribution in [3.05, 3.63) is 60.2 Å². The van der Waals surface area contributed by atoms with Gasteiger partial charge < -0.3 is 14.3 Å². The Bertz CT molecular complexity index is 685. The number of carbonyl (C=O) groups is 1. The highest BCUT2D eigenvalue weighted by Gasteiger charge is 2.14. The minimum Gasteiger partial charge on any atom is -0.481 e. The maximum absolute atomic E-state index is 11.9. The molecule has 0 saturated carbocycles. The van der Waals surface area contributed by atoms with E-state index in [4.69, 9.17) is 9.15 Å². The first-order chi connectivity index (χ1) is 9.22. The number of fused-ring (bicyclic) bond motifs is 1. The van der Waals surface area contributed by atoms with Gasteiger partial charge in [0.15, 0.2) is 0 Å². The Hall–Kier alpha value is -2.75. The lowest BCUT2D eigenvalue weighted by molar-refractivity contribution is 0.0735. The Kier molecular flexibility index (Phi) is 2.68. The molecule has 0 radical (unpaired) electrons. The van der Waals surface area contributed by atoms with E-state index in [2.05, 4.69) is 0 Å². The zero-order chi connectivity index (χ0) is 13.2. The second kappa shape index (κ2) is 4.49. The van der Waals surface area contributed by atoms with Crippen LogP contribution in [0.3, 0.4) is 0 Å². The van der Waals surface area contributed by atoms with Crippen molar-refractivity contribution in [3.8, 4) is 23.0 Å². The zero-order valence-corrected chi connectivity index (χ0v) is 9.87. The van der Waals surface area contributed by atoms with E-state index in [1.807, 2.05) is 6.07 Å². The van der Waals surface area contributed by atoms with E-state index < -0.39 is 5.97 Å². The van der Waals surface area contributed by atoms with Gasteiger partial charge >= 0.3 is 5.97 Å². The van der Waals surface area contributed by atoms with Crippen LogP contribution in [0.1, 0.15) is 10.4 Å². The molecule has 1 aliphatic carbocycles. The van der Waals surface area contributed by atoms with E-state index in [1.54, 1.807) is 42.5 Å². The Morgan fingerprint density at radius 3 is 2.63 bits per heavy atom. The SMILES string of the molecule is O=C(Oc1cc2ccc(O)oc-2c1)c1ccccc1. The predicted molar refractivity (Wildman–Crippen MR) is 68.4 cm³/mol. The molecule has 0 unspecified atom stereocenters. The number of hydrogen-bond acceptors (Lipinski definition) is 4. The van der Waals surface area contributed by atoms with Gasteiger partial charge in [0, 0.05) is 17.7 Å². The molecule has 1 aliphatic heterocycles. The van der Waals surface area contributed by atoms with Crippen molar-refractivity contribution < 1.29 is 19.1 Å². The van der Waals surface area contributed by atoms with E-state index in [-0.39, 0.29) is 5.95 Å². The summed E-state index contributed by atoms with van der Waals surface area (Å²) in [4.78, 5) is 11.9. The number of rotatable bonds is 2. The molecule has 4 nitrogen and oxygen atoms in total. The van der Waals surface area contributed by atoms with Crippen LogP contribution in [-0.4, -0.2) is 11.1 Å². The van der Waals surface area contributed by atoms with Crippen molar-refractivity contribution in [1.82, 2.24) is 0 Å². The molecule has 1 heterocycles. The van der Waals surface area contributed by atoms with Gasteiger partial charge in [-0.3, -0.25) is 0 Å². The van der Waals surface area contributed by atoms with Crippen LogP contribution in [0.4, 0.5) is 0 Å². The van der Waals surface area contributed by atoms with Crippen molar-refractivity contribution in [2.24, 2.45) is 0 Å². The number of carbonyl (C=O) groups excluding carboxylic acids is 1. The van der Waals surface area contributed by atoms with Crippen molar-refractivity contribution >= 4 is 5.97 Å². The second-order valence-electron chi connectivity index (χ2n) is 4.04. The third-order valence-electron chi connectivity index (χ3n) is 2.70. The summed E-state index contributed by atoms with van der Waals surface area (Å²) in [5, 5.41) is 9.22. The predicted octanol–water partition coefficient (Wildman–Crippen LogP) is 3.31. The van der Waals surface area contributed by atoms with Crippen molar-refractivity contribution in [2.45, 2.75) is 0 Å². The monoisotopic (exact) mass is 254 g/mol. The molecule has 19 heavy (non-hydrogen) atoms. The summed E-state index contributed by atoms with van der Waals surface area (Å²) in [7, 11) is 0. The Morgan fingerprint density at radius 2 is 1.84 bits per heavy atom. The van der Waals surface area contributed by atoms with Crippen molar-refractivity contribution in [3.63, 3.8) is 0 Å². The molecule has 3 rings (SSSR count). The molecule has 0 aromatic heterocycles. The van der Waals surface area contributed by atoms with Crippen LogP contribution in [-0.2, 0) is 0 Å². The summed E-state index contributed by atoms with van der Waals surface area (Å²) < 4.78 is 10.3. The molecule has 1 aromatic rings. The van der Waals surface area contributed by atoms with E-state index in [9.17, 15) is 9.90 Å². The van der Waals surface area contributed by atoms with Gasteiger partial charge in [0.1, 0.15) is 11.5 Å². The third kappa shape index (κ3) is 2.28. The Labute approximate surface area is 109 Å². The molecule has 0 spiro atoms. The highest BCUT2D eigenvalue weighted by Crippen LogP contribution is 2.33. The van der Waals surface area contributed by atoms with E-state index in [1.165, 1.54) is 6.07 Å². The fourth-order valence-electron chi connectivity index (χ4n) is 1.80. The van der Waals surface area contributed by atoms with Crippen LogP contribution in [0.25, 0.3) is 11.3 Å². The molecule has 94 valence electrons. The molecular weight excluding hydrogens is 244 g/mol. The molecule has 0 bridgehead atoms. The van der Waals surface area contributed by atoms with Gasteiger partial charge in [0.05, 0.1) is 5.56 Å². The zero-order valence-electron chi connectivity index (χ0n) is 9.87. The lowest BCUT2D eigenvalue weighted by atomic mass is 10.2. The van der Waals surface area contributed by atoms with Gasteiger partial charge in [-0.25, -0.2) is 4.79 Å². The van der Waals surface area contributed by atoms with E-state index in [0.717, 1.165) is 5.56 Å². The first kappa shape index (κ1) is 11.3. The lowest BCUT2D eigenvalue weighted by Gasteiger charge is -2.00. The largest absolute Gasteiger partial charge is 0.481 e. The van der Waals surface area contributed by atoms with Gasteiger partial charge in [-0.15, -0.1) is 0 Å². The fraction of sp³-hybridized carbons (Fsp3) is 0. The summed E-state index contributed by atoms with van der Waals surface area (Å²) in [5.74, 6) is 0.244. The average Bonchev–Trinajstić information content (AvgIpc) is 2.81. The Balaban J connectivity index is 1.86. The first-order valence-corrected chi connectivity index (χ1v) is 5.72. The minimum absolute atomic E-state index is 0.181. The summed E-state index contributed by atoms with van der Waals surface area (Å²) in [6.07, 6.45) is 0. The van der Waals surface area contributed by atoms with Crippen LogP contribution in [0.15, 0.2) is 59.0 Å². The molecule has 0 fully saturated rings. The summed E-state index contributed by atoms with van der Waals surface area (Å²) in [6.45, 7) is 0.